The Morgan fingerprint density at radius 3 is 2.27 bits per heavy atom. The van der Waals surface area contributed by atoms with Gasteiger partial charge in [0.1, 0.15) is 18.1 Å². The Hall–Kier alpha value is -2.57. The van der Waals surface area contributed by atoms with E-state index in [1.807, 2.05) is 49.2 Å². The molecule has 1 amide bonds. The van der Waals surface area contributed by atoms with Crippen molar-refractivity contribution in [2.75, 3.05) is 53.5 Å². The van der Waals surface area contributed by atoms with Gasteiger partial charge in [0, 0.05) is 39.3 Å². The summed E-state index contributed by atoms with van der Waals surface area (Å²) in [5.41, 5.74) is 1.32. The highest BCUT2D eigenvalue weighted by atomic mass is 16.5. The van der Waals surface area contributed by atoms with Crippen molar-refractivity contribution < 1.29 is 14.3 Å². The van der Waals surface area contributed by atoms with Gasteiger partial charge in [-0.3, -0.25) is 14.6 Å². The highest BCUT2D eigenvalue weighted by molar-refractivity contribution is 5.81. The van der Waals surface area contributed by atoms with Crippen LogP contribution in [-0.4, -0.2) is 80.1 Å². The van der Waals surface area contributed by atoms with E-state index in [1.165, 1.54) is 5.56 Å². The average molecular weight is 412 g/mol. The molecule has 0 bridgehead atoms. The van der Waals surface area contributed by atoms with Gasteiger partial charge in [0.05, 0.1) is 13.2 Å². The summed E-state index contributed by atoms with van der Waals surface area (Å²) < 4.78 is 10.9. The van der Waals surface area contributed by atoms with E-state index in [1.54, 1.807) is 7.11 Å². The maximum atomic E-state index is 12.9. The summed E-state index contributed by atoms with van der Waals surface area (Å²) in [6, 6.07) is 17.9. The number of piperazine rings is 1. The molecule has 1 aliphatic rings. The minimum Gasteiger partial charge on any atom is -0.497 e. The van der Waals surface area contributed by atoms with Gasteiger partial charge in [-0.05, 0) is 43.8 Å². The minimum absolute atomic E-state index is 0.162. The number of hydrogen-bond acceptors (Lipinski definition) is 5. The Morgan fingerprint density at radius 1 is 1.00 bits per heavy atom. The fourth-order valence-electron chi connectivity index (χ4n) is 3.59. The van der Waals surface area contributed by atoms with E-state index < -0.39 is 0 Å². The average Bonchev–Trinajstić information content (AvgIpc) is 2.79. The molecule has 6 heteroatoms. The second-order valence-corrected chi connectivity index (χ2v) is 7.77. The van der Waals surface area contributed by atoms with Crippen LogP contribution >= 0.6 is 0 Å². The Morgan fingerprint density at radius 2 is 1.63 bits per heavy atom. The lowest BCUT2D eigenvalue weighted by Crippen LogP contribution is -2.53. The van der Waals surface area contributed by atoms with Crippen LogP contribution in [0.25, 0.3) is 0 Å². The predicted molar refractivity (Wildman–Crippen MR) is 119 cm³/mol. The smallest absolute Gasteiger partial charge is 0.239 e. The Kier molecular flexibility index (Phi) is 8.11. The first-order valence-electron chi connectivity index (χ1n) is 10.6. The topological polar surface area (TPSA) is 45.3 Å². The largest absolute Gasteiger partial charge is 0.497 e. The van der Waals surface area contributed by atoms with Gasteiger partial charge >= 0.3 is 0 Å². The van der Waals surface area contributed by atoms with Gasteiger partial charge in [0.15, 0.2) is 0 Å². The first-order valence-corrected chi connectivity index (χ1v) is 10.6. The van der Waals surface area contributed by atoms with Crippen molar-refractivity contribution in [1.29, 1.82) is 0 Å². The van der Waals surface area contributed by atoms with E-state index in [-0.39, 0.29) is 11.9 Å². The molecule has 1 atom stereocenters. The van der Waals surface area contributed by atoms with Crippen LogP contribution < -0.4 is 9.47 Å². The zero-order valence-electron chi connectivity index (χ0n) is 18.3. The van der Waals surface area contributed by atoms with Gasteiger partial charge in [-0.1, -0.05) is 30.3 Å². The van der Waals surface area contributed by atoms with Crippen LogP contribution in [0.4, 0.5) is 0 Å². The first kappa shape index (κ1) is 22.1. The molecule has 0 spiro atoms. The number of carbonyl (C=O) groups excluding carboxylic acids is 1. The highest BCUT2D eigenvalue weighted by Crippen LogP contribution is 2.17. The Balaban J connectivity index is 1.39. The van der Waals surface area contributed by atoms with Crippen LogP contribution in [0.15, 0.2) is 54.6 Å². The van der Waals surface area contributed by atoms with E-state index >= 15 is 0 Å². The van der Waals surface area contributed by atoms with Crippen molar-refractivity contribution in [3.05, 3.63) is 60.2 Å². The third kappa shape index (κ3) is 6.21. The first-order chi connectivity index (χ1) is 14.6. The van der Waals surface area contributed by atoms with E-state index in [0.29, 0.717) is 13.2 Å². The summed E-state index contributed by atoms with van der Waals surface area (Å²) in [7, 11) is 3.62. The quantitative estimate of drug-likeness (QED) is 0.635. The van der Waals surface area contributed by atoms with Crippen LogP contribution in [0.5, 0.6) is 11.5 Å². The van der Waals surface area contributed by atoms with Gasteiger partial charge in [-0.2, -0.15) is 0 Å². The molecule has 0 saturated carbocycles. The number of nitrogens with zero attached hydrogens (tertiary/aromatic N) is 3. The fourth-order valence-corrected chi connectivity index (χ4v) is 3.59. The van der Waals surface area contributed by atoms with E-state index in [4.69, 9.17) is 9.47 Å². The molecule has 0 radical (unpaired) electrons. The number of methoxy groups -OCH3 is 1. The molecule has 0 aromatic heterocycles. The summed E-state index contributed by atoms with van der Waals surface area (Å²) in [5.74, 6) is 1.81. The number of rotatable bonds is 9. The zero-order valence-corrected chi connectivity index (χ0v) is 18.3. The summed E-state index contributed by atoms with van der Waals surface area (Å²) in [4.78, 5) is 19.4. The lowest BCUT2D eigenvalue weighted by atomic mass is 10.2. The van der Waals surface area contributed by atoms with E-state index in [0.717, 1.165) is 44.2 Å². The molecular weight excluding hydrogens is 378 g/mol. The molecule has 1 unspecified atom stereocenters. The van der Waals surface area contributed by atoms with E-state index in [2.05, 4.69) is 34.1 Å². The molecule has 3 rings (SSSR count). The maximum absolute atomic E-state index is 12.9. The maximum Gasteiger partial charge on any atom is 0.239 e. The molecule has 6 nitrogen and oxygen atoms in total. The van der Waals surface area contributed by atoms with Gasteiger partial charge in [0.25, 0.3) is 0 Å². The molecular formula is C24H33N3O3. The molecule has 30 heavy (non-hydrogen) atoms. The van der Waals surface area contributed by atoms with Crippen LogP contribution in [0.3, 0.4) is 0 Å². The second-order valence-electron chi connectivity index (χ2n) is 7.77. The fraction of sp³-hybridized carbons (Fsp3) is 0.458. The summed E-state index contributed by atoms with van der Waals surface area (Å²) in [6.45, 7) is 7.54. The summed E-state index contributed by atoms with van der Waals surface area (Å²) in [5, 5.41) is 0. The molecule has 2 aromatic carbocycles. The molecule has 1 aliphatic heterocycles. The van der Waals surface area contributed by atoms with Crippen LogP contribution in [0.2, 0.25) is 0 Å². The Bertz CT molecular complexity index is 774. The van der Waals surface area contributed by atoms with Gasteiger partial charge in [-0.25, -0.2) is 0 Å². The lowest BCUT2D eigenvalue weighted by Gasteiger charge is -2.37. The van der Waals surface area contributed by atoms with Crippen LogP contribution in [-0.2, 0) is 11.3 Å². The molecule has 1 heterocycles. The van der Waals surface area contributed by atoms with Crippen molar-refractivity contribution in [2.45, 2.75) is 19.5 Å². The lowest BCUT2D eigenvalue weighted by molar-refractivity contribution is -0.137. The standard InChI is InChI=1S/C24H33N3O3/c1-20(25(2)17-18-30-23-11-9-22(29-3)10-12-23)24(28)27-15-13-26(14-16-27)19-21-7-5-4-6-8-21/h4-12,20H,13-19H2,1-3H3. The predicted octanol–water partition coefficient (Wildman–Crippen LogP) is 2.74. The van der Waals surface area contributed by atoms with E-state index in [9.17, 15) is 4.79 Å². The third-order valence-corrected chi connectivity index (χ3v) is 5.72. The van der Waals surface area contributed by atoms with Crippen molar-refractivity contribution >= 4 is 5.91 Å². The zero-order chi connectivity index (χ0) is 21.3. The van der Waals surface area contributed by atoms with Crippen molar-refractivity contribution in [1.82, 2.24) is 14.7 Å². The molecule has 162 valence electrons. The number of benzene rings is 2. The number of likely N-dealkylation sites (N-methyl/N-ethyl adjacent to an activating group) is 1. The molecule has 0 N–H and O–H groups in total. The van der Waals surface area contributed by atoms with Gasteiger partial charge < -0.3 is 14.4 Å². The number of hydrogen-bond donors (Lipinski definition) is 0. The van der Waals surface area contributed by atoms with Gasteiger partial charge in [-0.15, -0.1) is 0 Å². The molecule has 1 saturated heterocycles. The monoisotopic (exact) mass is 411 g/mol. The molecule has 2 aromatic rings. The summed E-state index contributed by atoms with van der Waals surface area (Å²) >= 11 is 0. The molecule has 0 aliphatic carbocycles. The highest BCUT2D eigenvalue weighted by Gasteiger charge is 2.27. The van der Waals surface area contributed by atoms with Crippen molar-refractivity contribution in [2.24, 2.45) is 0 Å². The minimum atomic E-state index is -0.162. The molecule has 1 fully saturated rings. The van der Waals surface area contributed by atoms with Crippen LogP contribution in [0, 0.1) is 0 Å². The normalized spacial score (nSPS) is 15.8. The Labute approximate surface area is 180 Å². The number of carbonyl (C=O) groups is 1. The van der Waals surface area contributed by atoms with Crippen LogP contribution in [0.1, 0.15) is 12.5 Å². The third-order valence-electron chi connectivity index (χ3n) is 5.72. The second kappa shape index (κ2) is 11.0. The number of ether oxygens (including phenoxy) is 2. The number of amides is 1. The van der Waals surface area contributed by atoms with Gasteiger partial charge in [0.2, 0.25) is 5.91 Å². The van der Waals surface area contributed by atoms with Crippen molar-refractivity contribution in [3.8, 4) is 11.5 Å². The SMILES string of the molecule is COc1ccc(OCCN(C)C(C)C(=O)N2CCN(Cc3ccccc3)CC2)cc1. The summed E-state index contributed by atoms with van der Waals surface area (Å²) in [6.07, 6.45) is 0. The van der Waals surface area contributed by atoms with Crippen molar-refractivity contribution in [3.63, 3.8) is 0 Å².